The highest BCUT2D eigenvalue weighted by Crippen LogP contribution is 2.22. The second kappa shape index (κ2) is 9.20. The summed E-state index contributed by atoms with van der Waals surface area (Å²) in [5.41, 5.74) is 7.02. The van der Waals surface area contributed by atoms with Gasteiger partial charge < -0.3 is 4.74 Å². The maximum absolute atomic E-state index is 11.9. The van der Waals surface area contributed by atoms with Crippen LogP contribution < -0.4 is 10.2 Å². The Balaban J connectivity index is 1.47. The molecule has 148 valence electrons. The van der Waals surface area contributed by atoms with Crippen LogP contribution in [0, 0.1) is 0 Å². The van der Waals surface area contributed by atoms with Gasteiger partial charge in [0.05, 0.1) is 6.21 Å². The third-order valence-electron chi connectivity index (χ3n) is 4.51. The summed E-state index contributed by atoms with van der Waals surface area (Å²) in [7, 11) is 0. The molecule has 0 aromatic heterocycles. The molecule has 3 rings (SSSR count). The topological polar surface area (TPSA) is 50.7 Å². The molecule has 0 unspecified atom stereocenters. The Labute approximate surface area is 172 Å². The van der Waals surface area contributed by atoms with E-state index in [-0.39, 0.29) is 17.9 Å². The minimum Gasteiger partial charge on any atom is -0.484 e. The largest absolute Gasteiger partial charge is 0.484 e. The predicted molar refractivity (Wildman–Crippen MR) is 118 cm³/mol. The van der Waals surface area contributed by atoms with Gasteiger partial charge in [-0.05, 0) is 39.8 Å². The Morgan fingerprint density at radius 1 is 0.897 bits per heavy atom. The van der Waals surface area contributed by atoms with E-state index < -0.39 is 0 Å². The van der Waals surface area contributed by atoms with Crippen LogP contribution in [-0.4, -0.2) is 18.7 Å². The monoisotopic (exact) mass is 386 g/mol. The van der Waals surface area contributed by atoms with E-state index in [2.05, 4.69) is 55.6 Å². The summed E-state index contributed by atoms with van der Waals surface area (Å²) in [5, 5.41) is 3.99. The van der Waals surface area contributed by atoms with E-state index in [1.54, 1.807) is 6.21 Å². The van der Waals surface area contributed by atoms with Crippen molar-refractivity contribution in [3.05, 3.63) is 90.0 Å². The minimum absolute atomic E-state index is 0.0923. The molecular formula is C25H26N2O2. The number of nitrogens with zero attached hydrogens (tertiary/aromatic N) is 1. The van der Waals surface area contributed by atoms with Gasteiger partial charge in [0.2, 0.25) is 0 Å². The number of nitrogens with one attached hydrogen (secondary N) is 1. The summed E-state index contributed by atoms with van der Waals surface area (Å²) < 4.78 is 5.53. The number of rotatable bonds is 6. The van der Waals surface area contributed by atoms with Crippen molar-refractivity contribution in [3.63, 3.8) is 0 Å². The number of carbonyl (C=O) groups is 1. The fourth-order valence-electron chi connectivity index (χ4n) is 2.80. The molecule has 0 saturated carbocycles. The van der Waals surface area contributed by atoms with E-state index in [0.29, 0.717) is 5.75 Å². The van der Waals surface area contributed by atoms with E-state index in [1.165, 1.54) is 5.56 Å². The molecule has 0 aliphatic rings. The van der Waals surface area contributed by atoms with E-state index in [9.17, 15) is 4.79 Å². The van der Waals surface area contributed by atoms with Gasteiger partial charge in [0.1, 0.15) is 5.75 Å². The average Bonchev–Trinajstić information content (AvgIpc) is 2.73. The van der Waals surface area contributed by atoms with Crippen molar-refractivity contribution in [1.82, 2.24) is 5.43 Å². The first-order valence-corrected chi connectivity index (χ1v) is 9.62. The van der Waals surface area contributed by atoms with Crippen LogP contribution in [0.3, 0.4) is 0 Å². The molecule has 4 heteroatoms. The van der Waals surface area contributed by atoms with Crippen molar-refractivity contribution in [2.75, 3.05) is 6.61 Å². The molecule has 0 fully saturated rings. The summed E-state index contributed by atoms with van der Waals surface area (Å²) in [6.07, 6.45) is 1.62. The van der Waals surface area contributed by atoms with Crippen molar-refractivity contribution in [3.8, 4) is 16.9 Å². The van der Waals surface area contributed by atoms with E-state index >= 15 is 0 Å². The highest BCUT2D eigenvalue weighted by molar-refractivity contribution is 5.83. The maximum atomic E-state index is 11.9. The second-order valence-electron chi connectivity index (χ2n) is 7.84. The smallest absolute Gasteiger partial charge is 0.277 e. The predicted octanol–water partition coefficient (Wildman–Crippen LogP) is 5.18. The number of benzene rings is 3. The molecular weight excluding hydrogens is 360 g/mol. The van der Waals surface area contributed by atoms with Crippen LogP contribution in [-0.2, 0) is 10.2 Å². The molecule has 1 N–H and O–H groups in total. The summed E-state index contributed by atoms with van der Waals surface area (Å²) in [6.45, 7) is 6.42. The molecule has 0 spiro atoms. The van der Waals surface area contributed by atoms with Crippen LogP contribution in [0.1, 0.15) is 31.9 Å². The van der Waals surface area contributed by atoms with Crippen molar-refractivity contribution in [2.45, 2.75) is 26.2 Å². The van der Waals surface area contributed by atoms with Crippen LogP contribution in [0.25, 0.3) is 11.1 Å². The van der Waals surface area contributed by atoms with Gasteiger partial charge in [0.25, 0.3) is 5.91 Å². The van der Waals surface area contributed by atoms with Crippen molar-refractivity contribution >= 4 is 12.1 Å². The number of carbonyl (C=O) groups excluding carboxylic acids is 1. The Morgan fingerprint density at radius 3 is 2.14 bits per heavy atom. The van der Waals surface area contributed by atoms with Gasteiger partial charge in [-0.15, -0.1) is 0 Å². The number of hydrogen-bond donors (Lipinski definition) is 1. The fourth-order valence-corrected chi connectivity index (χ4v) is 2.80. The van der Waals surface area contributed by atoms with Crippen molar-refractivity contribution in [2.24, 2.45) is 5.10 Å². The van der Waals surface area contributed by atoms with Gasteiger partial charge in [-0.2, -0.15) is 5.10 Å². The molecule has 0 radical (unpaired) electrons. The molecule has 1 amide bonds. The third-order valence-corrected chi connectivity index (χ3v) is 4.51. The number of amides is 1. The Kier molecular flexibility index (Phi) is 6.45. The van der Waals surface area contributed by atoms with Crippen LogP contribution in [0.5, 0.6) is 5.75 Å². The van der Waals surface area contributed by atoms with E-state index in [4.69, 9.17) is 4.74 Å². The van der Waals surface area contributed by atoms with Crippen LogP contribution in [0.2, 0.25) is 0 Å². The summed E-state index contributed by atoms with van der Waals surface area (Å²) in [5.74, 6) is 0.335. The van der Waals surface area contributed by atoms with Gasteiger partial charge >= 0.3 is 0 Å². The van der Waals surface area contributed by atoms with Crippen LogP contribution >= 0.6 is 0 Å². The van der Waals surface area contributed by atoms with Gasteiger partial charge in [-0.25, -0.2) is 5.43 Å². The van der Waals surface area contributed by atoms with Gasteiger partial charge in [0.15, 0.2) is 6.61 Å². The lowest BCUT2D eigenvalue weighted by Gasteiger charge is -2.18. The maximum Gasteiger partial charge on any atom is 0.277 e. The summed E-state index contributed by atoms with van der Waals surface area (Å²) >= 11 is 0. The quantitative estimate of drug-likeness (QED) is 0.469. The number of hydrogen-bond acceptors (Lipinski definition) is 3. The molecule has 4 nitrogen and oxygen atoms in total. The molecule has 0 heterocycles. The van der Waals surface area contributed by atoms with Crippen molar-refractivity contribution in [1.29, 1.82) is 0 Å². The lowest BCUT2D eigenvalue weighted by Crippen LogP contribution is -2.24. The highest BCUT2D eigenvalue weighted by atomic mass is 16.5. The standard InChI is InChI=1S/C25H26N2O2/c1-25(2,3)22-13-9-19(10-14-22)17-26-27-24(28)18-29-23-15-11-21(12-16-23)20-7-5-4-6-8-20/h4-17H,18H2,1-3H3,(H,27,28)/b26-17-. The first-order valence-electron chi connectivity index (χ1n) is 9.62. The van der Waals surface area contributed by atoms with Gasteiger partial charge in [-0.3, -0.25) is 4.79 Å². The zero-order chi connectivity index (χ0) is 20.7. The summed E-state index contributed by atoms with van der Waals surface area (Å²) in [4.78, 5) is 11.9. The van der Waals surface area contributed by atoms with Gasteiger partial charge in [-0.1, -0.05) is 87.5 Å². The third kappa shape index (κ3) is 6.04. The molecule has 0 aliphatic heterocycles. The Bertz CT molecular complexity index is 954. The second-order valence-corrected chi connectivity index (χ2v) is 7.84. The molecule has 3 aromatic rings. The van der Waals surface area contributed by atoms with E-state index in [0.717, 1.165) is 16.7 Å². The zero-order valence-corrected chi connectivity index (χ0v) is 17.1. The number of ether oxygens (including phenoxy) is 1. The molecule has 0 atom stereocenters. The Hall–Kier alpha value is -3.40. The molecule has 3 aromatic carbocycles. The molecule has 0 saturated heterocycles. The lowest BCUT2D eigenvalue weighted by atomic mass is 9.87. The minimum atomic E-state index is -0.306. The van der Waals surface area contributed by atoms with Gasteiger partial charge in [0, 0.05) is 0 Å². The zero-order valence-electron chi connectivity index (χ0n) is 17.1. The first-order chi connectivity index (χ1) is 13.9. The lowest BCUT2D eigenvalue weighted by molar-refractivity contribution is -0.123. The Morgan fingerprint density at radius 2 is 1.52 bits per heavy atom. The SMILES string of the molecule is CC(C)(C)c1ccc(/C=N\NC(=O)COc2ccc(-c3ccccc3)cc2)cc1. The normalized spacial score (nSPS) is 11.4. The van der Waals surface area contributed by atoms with Crippen LogP contribution in [0.15, 0.2) is 84.0 Å². The molecule has 0 bridgehead atoms. The average molecular weight is 386 g/mol. The number of hydrazone groups is 1. The molecule has 29 heavy (non-hydrogen) atoms. The van der Waals surface area contributed by atoms with E-state index in [1.807, 2.05) is 54.6 Å². The van der Waals surface area contributed by atoms with Crippen LogP contribution in [0.4, 0.5) is 0 Å². The summed E-state index contributed by atoms with van der Waals surface area (Å²) in [6, 6.07) is 25.9. The van der Waals surface area contributed by atoms with Crippen molar-refractivity contribution < 1.29 is 9.53 Å². The highest BCUT2D eigenvalue weighted by Gasteiger charge is 2.12. The molecule has 0 aliphatic carbocycles. The fraction of sp³-hybridized carbons (Fsp3) is 0.200. The first kappa shape index (κ1) is 20.3.